The Balaban J connectivity index is 0.00000338. The first-order valence-electron chi connectivity index (χ1n) is 8.21. The molecule has 0 aliphatic rings. The predicted octanol–water partition coefficient (Wildman–Crippen LogP) is 2.33. The van der Waals surface area contributed by atoms with E-state index in [9.17, 15) is 0 Å². The van der Waals surface area contributed by atoms with E-state index in [4.69, 9.17) is 20.3 Å². The van der Waals surface area contributed by atoms with Gasteiger partial charge in [-0.2, -0.15) is 0 Å². The fraction of sp³-hybridized carbons (Fsp3) is 0.316. The standard InChI is InChI=1S/C19H25N3O3.HI/c1-24-18-13-16(7-8-17(18)25-12-11-23)14-22-19(20)21-10-9-15-5-3-2-4-6-15;/h2-8,13,23H,9-12,14H2,1H3,(H3,20,21,22);1H. The number of aliphatic hydroxyl groups is 1. The summed E-state index contributed by atoms with van der Waals surface area (Å²) in [5, 5.41) is 11.9. The van der Waals surface area contributed by atoms with E-state index in [2.05, 4.69) is 22.4 Å². The second-order valence-corrected chi connectivity index (χ2v) is 5.42. The van der Waals surface area contributed by atoms with Crippen molar-refractivity contribution in [1.82, 2.24) is 5.32 Å². The summed E-state index contributed by atoms with van der Waals surface area (Å²) in [4.78, 5) is 4.34. The van der Waals surface area contributed by atoms with E-state index in [1.807, 2.05) is 30.3 Å². The van der Waals surface area contributed by atoms with Crippen LogP contribution in [0.3, 0.4) is 0 Å². The molecule has 0 aromatic heterocycles. The molecular formula is C19H26IN3O3. The molecule has 0 radical (unpaired) electrons. The summed E-state index contributed by atoms with van der Waals surface area (Å²) in [7, 11) is 1.58. The highest BCUT2D eigenvalue weighted by atomic mass is 127. The minimum absolute atomic E-state index is 0. The molecule has 7 heteroatoms. The van der Waals surface area contributed by atoms with Gasteiger partial charge in [0.2, 0.25) is 0 Å². The molecule has 0 aliphatic carbocycles. The van der Waals surface area contributed by atoms with Crippen molar-refractivity contribution < 1.29 is 14.6 Å². The summed E-state index contributed by atoms with van der Waals surface area (Å²) >= 11 is 0. The molecule has 0 saturated heterocycles. The minimum Gasteiger partial charge on any atom is -0.493 e. The number of methoxy groups -OCH3 is 1. The van der Waals surface area contributed by atoms with E-state index < -0.39 is 0 Å². The summed E-state index contributed by atoms with van der Waals surface area (Å²) in [6.07, 6.45) is 0.891. The number of rotatable bonds is 9. The van der Waals surface area contributed by atoms with Crippen molar-refractivity contribution in [3.05, 3.63) is 59.7 Å². The molecule has 0 bridgehead atoms. The van der Waals surface area contributed by atoms with Crippen molar-refractivity contribution in [3.8, 4) is 11.5 Å². The molecular weight excluding hydrogens is 445 g/mol. The predicted molar refractivity (Wildman–Crippen MR) is 114 cm³/mol. The summed E-state index contributed by atoms with van der Waals surface area (Å²) in [5.41, 5.74) is 8.12. The molecule has 2 aromatic carbocycles. The fourth-order valence-corrected chi connectivity index (χ4v) is 2.30. The molecule has 0 aliphatic heterocycles. The van der Waals surface area contributed by atoms with Crippen LogP contribution in [0.15, 0.2) is 53.5 Å². The lowest BCUT2D eigenvalue weighted by Gasteiger charge is -2.11. The van der Waals surface area contributed by atoms with Gasteiger partial charge in [-0.25, -0.2) is 4.99 Å². The second kappa shape index (κ2) is 12.4. The molecule has 0 unspecified atom stereocenters. The number of halogens is 1. The summed E-state index contributed by atoms with van der Waals surface area (Å²) in [5.74, 6) is 1.62. The van der Waals surface area contributed by atoms with Crippen molar-refractivity contribution in [2.45, 2.75) is 13.0 Å². The largest absolute Gasteiger partial charge is 0.493 e. The lowest BCUT2D eigenvalue weighted by molar-refractivity contribution is 0.196. The zero-order valence-corrected chi connectivity index (χ0v) is 17.2. The van der Waals surface area contributed by atoms with Crippen LogP contribution >= 0.6 is 24.0 Å². The van der Waals surface area contributed by atoms with Crippen LogP contribution in [0, 0.1) is 0 Å². The van der Waals surface area contributed by atoms with Gasteiger partial charge in [0.05, 0.1) is 20.3 Å². The SMILES string of the molecule is COc1cc(CN=C(N)NCCc2ccccc2)ccc1OCCO.I. The fourth-order valence-electron chi connectivity index (χ4n) is 2.30. The number of ether oxygens (including phenoxy) is 2. The molecule has 0 fully saturated rings. The molecule has 6 nitrogen and oxygen atoms in total. The van der Waals surface area contributed by atoms with Gasteiger partial charge in [-0.1, -0.05) is 36.4 Å². The van der Waals surface area contributed by atoms with Gasteiger partial charge in [0.1, 0.15) is 6.61 Å². The average Bonchev–Trinajstić information content (AvgIpc) is 2.65. The lowest BCUT2D eigenvalue weighted by Crippen LogP contribution is -2.33. The van der Waals surface area contributed by atoms with Gasteiger partial charge in [0.25, 0.3) is 0 Å². The monoisotopic (exact) mass is 471 g/mol. The molecule has 0 spiro atoms. The maximum absolute atomic E-state index is 8.83. The van der Waals surface area contributed by atoms with E-state index in [0.717, 1.165) is 18.5 Å². The normalized spacial score (nSPS) is 10.8. The van der Waals surface area contributed by atoms with Crippen molar-refractivity contribution >= 4 is 29.9 Å². The highest BCUT2D eigenvalue weighted by Gasteiger charge is 2.05. The number of nitrogens with one attached hydrogen (secondary N) is 1. The van der Waals surface area contributed by atoms with Gasteiger partial charge >= 0.3 is 0 Å². The van der Waals surface area contributed by atoms with Crippen LogP contribution in [0.5, 0.6) is 11.5 Å². The van der Waals surface area contributed by atoms with Crippen LogP contribution in [0.2, 0.25) is 0 Å². The maximum Gasteiger partial charge on any atom is 0.188 e. The van der Waals surface area contributed by atoms with E-state index in [0.29, 0.717) is 24.0 Å². The Morgan fingerprint density at radius 1 is 1.12 bits per heavy atom. The number of aliphatic imine (C=N–C) groups is 1. The van der Waals surface area contributed by atoms with E-state index in [-0.39, 0.29) is 37.2 Å². The first-order chi connectivity index (χ1) is 12.2. The number of aliphatic hydroxyl groups excluding tert-OH is 1. The molecule has 0 atom stereocenters. The summed E-state index contributed by atoms with van der Waals surface area (Å²) in [6.45, 7) is 1.37. The molecule has 4 N–H and O–H groups in total. The maximum atomic E-state index is 8.83. The van der Waals surface area contributed by atoms with Crippen LogP contribution in [-0.4, -0.2) is 37.9 Å². The Hall–Kier alpha value is -2.00. The Kier molecular flexibility index (Phi) is 10.5. The van der Waals surface area contributed by atoms with Crippen molar-refractivity contribution in [2.75, 3.05) is 26.9 Å². The molecule has 26 heavy (non-hydrogen) atoms. The highest BCUT2D eigenvalue weighted by Crippen LogP contribution is 2.28. The summed E-state index contributed by atoms with van der Waals surface area (Å²) < 4.78 is 10.7. The number of hydrogen-bond donors (Lipinski definition) is 3. The Bertz CT molecular complexity index is 681. The summed E-state index contributed by atoms with van der Waals surface area (Å²) in [6, 6.07) is 15.8. The lowest BCUT2D eigenvalue weighted by atomic mass is 10.1. The van der Waals surface area contributed by atoms with Gasteiger partial charge in [0, 0.05) is 6.54 Å². The number of hydrogen-bond acceptors (Lipinski definition) is 4. The number of guanidine groups is 1. The average molecular weight is 471 g/mol. The van der Waals surface area contributed by atoms with Gasteiger partial charge in [-0.3, -0.25) is 0 Å². The Labute approximate surface area is 171 Å². The highest BCUT2D eigenvalue weighted by molar-refractivity contribution is 14.0. The first kappa shape index (κ1) is 22.0. The van der Waals surface area contributed by atoms with Crippen LogP contribution in [0.1, 0.15) is 11.1 Å². The Morgan fingerprint density at radius 2 is 1.88 bits per heavy atom. The molecule has 0 amide bonds. The third-order valence-electron chi connectivity index (χ3n) is 3.57. The molecule has 0 saturated carbocycles. The topological polar surface area (TPSA) is 89.1 Å². The molecule has 0 heterocycles. The third-order valence-corrected chi connectivity index (χ3v) is 3.57. The van der Waals surface area contributed by atoms with Crippen molar-refractivity contribution in [2.24, 2.45) is 10.7 Å². The van der Waals surface area contributed by atoms with E-state index in [1.165, 1.54) is 5.56 Å². The molecule has 2 rings (SSSR count). The molecule has 2 aromatic rings. The smallest absolute Gasteiger partial charge is 0.188 e. The number of benzene rings is 2. The van der Waals surface area contributed by atoms with Crippen LogP contribution in [-0.2, 0) is 13.0 Å². The van der Waals surface area contributed by atoms with Crippen molar-refractivity contribution in [1.29, 1.82) is 0 Å². The van der Waals surface area contributed by atoms with E-state index >= 15 is 0 Å². The van der Waals surface area contributed by atoms with Gasteiger partial charge in [-0.05, 0) is 29.7 Å². The van der Waals surface area contributed by atoms with Crippen LogP contribution < -0.4 is 20.5 Å². The van der Waals surface area contributed by atoms with Crippen molar-refractivity contribution in [3.63, 3.8) is 0 Å². The molecule has 142 valence electrons. The second-order valence-electron chi connectivity index (χ2n) is 5.42. The van der Waals surface area contributed by atoms with Crippen LogP contribution in [0.25, 0.3) is 0 Å². The first-order valence-corrected chi connectivity index (χ1v) is 8.21. The van der Waals surface area contributed by atoms with Gasteiger partial charge in [-0.15, -0.1) is 24.0 Å². The minimum atomic E-state index is -0.0413. The van der Waals surface area contributed by atoms with E-state index in [1.54, 1.807) is 13.2 Å². The quantitative estimate of drug-likeness (QED) is 0.297. The zero-order chi connectivity index (χ0) is 17.9. The van der Waals surface area contributed by atoms with Gasteiger partial charge < -0.3 is 25.6 Å². The van der Waals surface area contributed by atoms with Gasteiger partial charge in [0.15, 0.2) is 17.5 Å². The van der Waals surface area contributed by atoms with Crippen LogP contribution in [0.4, 0.5) is 0 Å². The third kappa shape index (κ3) is 7.49. The zero-order valence-electron chi connectivity index (χ0n) is 14.9. The number of nitrogens with two attached hydrogens (primary N) is 1. The Morgan fingerprint density at radius 3 is 2.58 bits per heavy atom. The number of nitrogens with zero attached hydrogens (tertiary/aromatic N) is 1.